The number of benzene rings is 1. The summed E-state index contributed by atoms with van der Waals surface area (Å²) >= 11 is 3.17. The molecule has 0 spiro atoms. The molecule has 0 saturated heterocycles. The number of esters is 1. The Hall–Kier alpha value is -1.30. The molecule has 0 aromatic heterocycles. The maximum atomic E-state index is 13.5. The standard InChI is InChI=1S/C14H13BrF2O3/c1-2-6-20-13(19)14(12(16)17)7-8-4-3-5-9(15)10(8)11(14)18/h3-5,12H,2,6-7H2,1H3. The summed E-state index contributed by atoms with van der Waals surface area (Å²) in [5, 5.41) is 0. The molecule has 0 N–H and O–H groups in total. The number of fused-ring (bicyclic) bond motifs is 1. The minimum absolute atomic E-state index is 0.0259. The number of rotatable bonds is 4. The highest BCUT2D eigenvalue weighted by Gasteiger charge is 2.60. The maximum Gasteiger partial charge on any atom is 0.326 e. The molecule has 1 unspecified atom stereocenters. The predicted octanol–water partition coefficient (Wildman–Crippen LogP) is 3.39. The number of ether oxygens (including phenoxy) is 1. The van der Waals surface area contributed by atoms with Crippen molar-refractivity contribution in [3.05, 3.63) is 33.8 Å². The summed E-state index contributed by atoms with van der Waals surface area (Å²) in [5.74, 6) is -2.00. The van der Waals surface area contributed by atoms with Crippen LogP contribution in [0.15, 0.2) is 22.7 Å². The van der Waals surface area contributed by atoms with Gasteiger partial charge in [-0.1, -0.05) is 35.0 Å². The molecule has 0 amide bonds. The van der Waals surface area contributed by atoms with E-state index >= 15 is 0 Å². The summed E-state index contributed by atoms with van der Waals surface area (Å²) in [7, 11) is 0. The molecule has 2 rings (SSSR count). The first-order valence-electron chi connectivity index (χ1n) is 6.22. The van der Waals surface area contributed by atoms with Crippen molar-refractivity contribution in [3.63, 3.8) is 0 Å². The lowest BCUT2D eigenvalue weighted by molar-refractivity contribution is -0.160. The lowest BCUT2D eigenvalue weighted by Gasteiger charge is -2.24. The average molecular weight is 347 g/mol. The van der Waals surface area contributed by atoms with Crippen LogP contribution in [-0.4, -0.2) is 24.8 Å². The lowest BCUT2D eigenvalue weighted by atomic mass is 9.84. The highest BCUT2D eigenvalue weighted by atomic mass is 79.9. The topological polar surface area (TPSA) is 43.4 Å². The average Bonchev–Trinajstić information content (AvgIpc) is 2.71. The normalized spacial score (nSPS) is 21.1. The predicted molar refractivity (Wildman–Crippen MR) is 71.9 cm³/mol. The van der Waals surface area contributed by atoms with Crippen molar-refractivity contribution in [2.45, 2.75) is 26.2 Å². The van der Waals surface area contributed by atoms with Crippen molar-refractivity contribution in [2.24, 2.45) is 5.41 Å². The van der Waals surface area contributed by atoms with Gasteiger partial charge in [0.05, 0.1) is 6.61 Å². The van der Waals surface area contributed by atoms with E-state index in [1.165, 1.54) is 0 Å². The zero-order valence-corrected chi connectivity index (χ0v) is 12.4. The van der Waals surface area contributed by atoms with Crippen molar-refractivity contribution in [1.82, 2.24) is 0 Å². The van der Waals surface area contributed by atoms with Crippen LogP contribution in [0.2, 0.25) is 0 Å². The van der Waals surface area contributed by atoms with Crippen molar-refractivity contribution < 1.29 is 23.1 Å². The van der Waals surface area contributed by atoms with E-state index in [2.05, 4.69) is 15.9 Å². The smallest absolute Gasteiger partial charge is 0.326 e. The van der Waals surface area contributed by atoms with E-state index in [1.54, 1.807) is 25.1 Å². The Labute approximate surface area is 123 Å². The van der Waals surface area contributed by atoms with E-state index < -0.39 is 23.6 Å². The SMILES string of the molecule is CCCOC(=O)C1(C(F)F)Cc2cccc(Br)c2C1=O. The highest BCUT2D eigenvalue weighted by Crippen LogP contribution is 2.44. The fourth-order valence-electron chi connectivity index (χ4n) is 2.33. The molecule has 0 radical (unpaired) electrons. The van der Waals surface area contributed by atoms with Gasteiger partial charge in [-0.15, -0.1) is 0 Å². The first-order valence-corrected chi connectivity index (χ1v) is 7.02. The molecule has 6 heteroatoms. The largest absolute Gasteiger partial charge is 0.465 e. The van der Waals surface area contributed by atoms with Gasteiger partial charge in [0, 0.05) is 16.5 Å². The van der Waals surface area contributed by atoms with Gasteiger partial charge in [0.15, 0.2) is 11.2 Å². The van der Waals surface area contributed by atoms with E-state index in [9.17, 15) is 18.4 Å². The molecule has 1 aromatic carbocycles. The first-order chi connectivity index (χ1) is 9.45. The minimum Gasteiger partial charge on any atom is -0.465 e. The Kier molecular flexibility index (Phi) is 4.22. The third kappa shape index (κ3) is 2.16. The molecule has 0 bridgehead atoms. The Morgan fingerprint density at radius 3 is 2.75 bits per heavy atom. The zero-order valence-electron chi connectivity index (χ0n) is 10.8. The molecule has 1 atom stereocenters. The van der Waals surface area contributed by atoms with Crippen LogP contribution in [-0.2, 0) is 16.0 Å². The van der Waals surface area contributed by atoms with Gasteiger partial charge in [-0.2, -0.15) is 0 Å². The van der Waals surface area contributed by atoms with E-state index in [-0.39, 0.29) is 18.6 Å². The second-order valence-corrected chi connectivity index (χ2v) is 5.54. The Bertz CT molecular complexity index is 559. The maximum absolute atomic E-state index is 13.5. The fourth-order valence-corrected chi connectivity index (χ4v) is 2.92. The van der Waals surface area contributed by atoms with E-state index in [0.717, 1.165) is 0 Å². The van der Waals surface area contributed by atoms with Gasteiger partial charge in [-0.05, 0) is 18.1 Å². The van der Waals surface area contributed by atoms with Crippen LogP contribution < -0.4 is 0 Å². The number of halogens is 3. The number of carbonyl (C=O) groups is 2. The number of hydrogen-bond donors (Lipinski definition) is 0. The highest BCUT2D eigenvalue weighted by molar-refractivity contribution is 9.10. The van der Waals surface area contributed by atoms with Crippen molar-refractivity contribution in [3.8, 4) is 0 Å². The summed E-state index contributed by atoms with van der Waals surface area (Å²) in [6.45, 7) is 1.78. The summed E-state index contributed by atoms with van der Waals surface area (Å²) in [5.41, 5.74) is -1.80. The van der Waals surface area contributed by atoms with E-state index in [1.807, 2.05) is 0 Å². The number of carbonyl (C=O) groups excluding carboxylic acids is 2. The summed E-state index contributed by atoms with van der Waals surface area (Å²) < 4.78 is 32.2. The monoisotopic (exact) mass is 346 g/mol. The van der Waals surface area contributed by atoms with Gasteiger partial charge in [0.1, 0.15) is 0 Å². The molecule has 0 fully saturated rings. The summed E-state index contributed by atoms with van der Waals surface area (Å²) in [6.07, 6.45) is -2.91. The minimum atomic E-state index is -3.10. The van der Waals surface area contributed by atoms with Crippen LogP contribution in [0.5, 0.6) is 0 Å². The molecule has 108 valence electrons. The molecule has 20 heavy (non-hydrogen) atoms. The quantitative estimate of drug-likeness (QED) is 0.619. The summed E-state index contributed by atoms with van der Waals surface area (Å²) in [6, 6.07) is 4.82. The molecule has 0 heterocycles. The molecule has 0 aliphatic heterocycles. The van der Waals surface area contributed by atoms with Gasteiger partial charge < -0.3 is 4.74 Å². The third-order valence-corrected chi connectivity index (χ3v) is 4.04. The second kappa shape index (κ2) is 5.60. The Morgan fingerprint density at radius 1 is 1.50 bits per heavy atom. The van der Waals surface area contributed by atoms with Gasteiger partial charge in [0.25, 0.3) is 6.43 Å². The lowest BCUT2D eigenvalue weighted by Crippen LogP contribution is -2.45. The number of ketones is 1. The van der Waals surface area contributed by atoms with Crippen molar-refractivity contribution in [1.29, 1.82) is 0 Å². The molecular formula is C14H13BrF2O3. The van der Waals surface area contributed by atoms with Crippen LogP contribution in [0, 0.1) is 5.41 Å². The van der Waals surface area contributed by atoms with Crippen LogP contribution in [0.3, 0.4) is 0 Å². The fraction of sp³-hybridized carbons (Fsp3) is 0.429. The van der Waals surface area contributed by atoms with Crippen LogP contribution >= 0.6 is 15.9 Å². The van der Waals surface area contributed by atoms with Gasteiger partial charge in [-0.3, -0.25) is 9.59 Å². The van der Waals surface area contributed by atoms with Crippen LogP contribution in [0.25, 0.3) is 0 Å². The van der Waals surface area contributed by atoms with Gasteiger partial charge in [-0.25, -0.2) is 8.78 Å². The first kappa shape index (κ1) is 15.1. The molecular weight excluding hydrogens is 334 g/mol. The van der Waals surface area contributed by atoms with Crippen molar-refractivity contribution in [2.75, 3.05) is 6.61 Å². The van der Waals surface area contributed by atoms with Crippen LogP contribution in [0.4, 0.5) is 8.78 Å². The summed E-state index contributed by atoms with van der Waals surface area (Å²) in [4.78, 5) is 24.4. The third-order valence-electron chi connectivity index (χ3n) is 3.38. The number of hydrogen-bond acceptors (Lipinski definition) is 3. The number of Topliss-reactive ketones (excluding diaryl/α,β-unsaturated/α-hetero) is 1. The molecule has 1 aliphatic carbocycles. The van der Waals surface area contributed by atoms with E-state index in [4.69, 9.17) is 4.74 Å². The van der Waals surface area contributed by atoms with Gasteiger partial charge in [0.2, 0.25) is 0 Å². The molecule has 1 aromatic rings. The van der Waals surface area contributed by atoms with Crippen molar-refractivity contribution >= 4 is 27.7 Å². The van der Waals surface area contributed by atoms with Crippen LogP contribution in [0.1, 0.15) is 29.3 Å². The number of alkyl halides is 2. The zero-order chi connectivity index (χ0) is 14.9. The Morgan fingerprint density at radius 2 is 2.20 bits per heavy atom. The molecule has 3 nitrogen and oxygen atoms in total. The Balaban J connectivity index is 2.46. The van der Waals surface area contributed by atoms with Gasteiger partial charge >= 0.3 is 5.97 Å². The second-order valence-electron chi connectivity index (χ2n) is 4.69. The molecule has 0 saturated carbocycles. The molecule has 1 aliphatic rings. The van der Waals surface area contributed by atoms with E-state index in [0.29, 0.717) is 16.5 Å².